The number of hydrogen-bond acceptors (Lipinski definition) is 3. The van der Waals surface area contributed by atoms with Gasteiger partial charge in [-0.3, -0.25) is 4.79 Å². The molecule has 0 bridgehead atoms. The van der Waals surface area contributed by atoms with Crippen LogP contribution in [0.1, 0.15) is 32.6 Å². The van der Waals surface area contributed by atoms with Gasteiger partial charge in [0.2, 0.25) is 0 Å². The number of alkyl halides is 3. The predicted octanol–water partition coefficient (Wildman–Crippen LogP) is 2.03. The van der Waals surface area contributed by atoms with Crippen molar-refractivity contribution in [1.82, 2.24) is 0 Å². The average molecular weight is 228 g/mol. The molecule has 0 aromatic carbocycles. The lowest BCUT2D eigenvalue weighted by Crippen LogP contribution is -2.19. The fourth-order valence-corrected chi connectivity index (χ4v) is 1.08. The van der Waals surface area contributed by atoms with Gasteiger partial charge in [0.15, 0.2) is 0 Å². The van der Waals surface area contributed by atoms with Crippen molar-refractivity contribution >= 4 is 5.97 Å². The molecule has 0 saturated carbocycles. The van der Waals surface area contributed by atoms with Gasteiger partial charge in [0, 0.05) is 6.42 Å². The quantitative estimate of drug-likeness (QED) is 0.707. The van der Waals surface area contributed by atoms with Crippen molar-refractivity contribution in [2.24, 2.45) is 0 Å². The van der Waals surface area contributed by atoms with E-state index in [0.29, 0.717) is 0 Å². The SMILES string of the molecule is CCOC(=O)CCCC(O)CC(F)(F)F. The third-order valence-corrected chi connectivity index (χ3v) is 1.69. The summed E-state index contributed by atoms with van der Waals surface area (Å²) in [5.74, 6) is -0.447. The van der Waals surface area contributed by atoms with E-state index in [1.54, 1.807) is 6.92 Å². The molecular formula is C9H15F3O3. The Hall–Kier alpha value is -0.780. The summed E-state index contributed by atoms with van der Waals surface area (Å²) in [6.07, 6.45) is -6.81. The minimum atomic E-state index is -4.36. The smallest absolute Gasteiger partial charge is 0.391 e. The van der Waals surface area contributed by atoms with Crippen molar-refractivity contribution in [3.8, 4) is 0 Å². The summed E-state index contributed by atoms with van der Waals surface area (Å²) >= 11 is 0. The average Bonchev–Trinajstić information content (AvgIpc) is 2.00. The fourth-order valence-electron chi connectivity index (χ4n) is 1.08. The van der Waals surface area contributed by atoms with Crippen LogP contribution >= 0.6 is 0 Å². The van der Waals surface area contributed by atoms with Crippen LogP contribution in [-0.4, -0.2) is 30.0 Å². The van der Waals surface area contributed by atoms with Crippen LogP contribution in [0.2, 0.25) is 0 Å². The lowest BCUT2D eigenvalue weighted by Gasteiger charge is -2.12. The van der Waals surface area contributed by atoms with Crippen molar-refractivity contribution in [3.63, 3.8) is 0 Å². The summed E-state index contributed by atoms with van der Waals surface area (Å²) in [6.45, 7) is 1.90. The molecule has 0 rings (SSSR count). The molecule has 0 fully saturated rings. The monoisotopic (exact) mass is 228 g/mol. The van der Waals surface area contributed by atoms with Gasteiger partial charge in [-0.05, 0) is 19.8 Å². The van der Waals surface area contributed by atoms with Gasteiger partial charge >= 0.3 is 12.1 Å². The highest BCUT2D eigenvalue weighted by atomic mass is 19.4. The first-order chi connectivity index (χ1) is 6.85. The lowest BCUT2D eigenvalue weighted by atomic mass is 10.1. The predicted molar refractivity (Wildman–Crippen MR) is 47.2 cm³/mol. The zero-order valence-electron chi connectivity index (χ0n) is 8.51. The van der Waals surface area contributed by atoms with Gasteiger partial charge in [0.25, 0.3) is 0 Å². The summed E-state index contributed by atoms with van der Waals surface area (Å²) < 4.78 is 39.9. The van der Waals surface area contributed by atoms with Crippen molar-refractivity contribution in [1.29, 1.82) is 0 Å². The summed E-state index contributed by atoms with van der Waals surface area (Å²) in [4.78, 5) is 10.8. The third-order valence-electron chi connectivity index (χ3n) is 1.69. The summed E-state index contributed by atoms with van der Waals surface area (Å²) in [6, 6.07) is 0. The van der Waals surface area contributed by atoms with Crippen LogP contribution in [-0.2, 0) is 9.53 Å². The Labute approximate surface area is 86.2 Å². The van der Waals surface area contributed by atoms with Crippen molar-refractivity contribution in [2.45, 2.75) is 44.9 Å². The maximum absolute atomic E-state index is 11.8. The fraction of sp³-hybridized carbons (Fsp3) is 0.889. The molecule has 0 aliphatic rings. The van der Waals surface area contributed by atoms with Gasteiger partial charge in [0.1, 0.15) is 0 Å². The number of halogens is 3. The minimum Gasteiger partial charge on any atom is -0.466 e. The highest BCUT2D eigenvalue weighted by Gasteiger charge is 2.30. The van der Waals surface area contributed by atoms with Crippen LogP contribution in [0.4, 0.5) is 13.2 Å². The zero-order valence-corrected chi connectivity index (χ0v) is 8.51. The molecule has 1 N–H and O–H groups in total. The molecular weight excluding hydrogens is 213 g/mol. The molecule has 0 saturated heterocycles. The molecule has 0 aromatic heterocycles. The second-order valence-corrected chi connectivity index (χ2v) is 3.17. The Morgan fingerprint density at radius 1 is 1.47 bits per heavy atom. The minimum absolute atomic E-state index is 0.0433. The molecule has 0 heterocycles. The van der Waals surface area contributed by atoms with Gasteiger partial charge in [-0.25, -0.2) is 0 Å². The first kappa shape index (κ1) is 14.2. The standard InChI is InChI=1S/C9H15F3O3/c1-2-15-8(14)5-3-4-7(13)6-9(10,11)12/h7,13H,2-6H2,1H3. The maximum atomic E-state index is 11.8. The van der Waals surface area contributed by atoms with Crippen LogP contribution < -0.4 is 0 Å². The van der Waals surface area contributed by atoms with Gasteiger partial charge < -0.3 is 9.84 Å². The van der Waals surface area contributed by atoms with Crippen LogP contribution in [0.3, 0.4) is 0 Å². The molecule has 90 valence electrons. The van der Waals surface area contributed by atoms with E-state index in [2.05, 4.69) is 4.74 Å². The maximum Gasteiger partial charge on any atom is 0.391 e. The number of esters is 1. The molecule has 0 aliphatic carbocycles. The zero-order chi connectivity index (χ0) is 11.9. The van der Waals surface area contributed by atoms with Gasteiger partial charge in [-0.2, -0.15) is 13.2 Å². The summed E-state index contributed by atoms with van der Waals surface area (Å²) in [5, 5.41) is 8.96. The Morgan fingerprint density at radius 2 is 2.07 bits per heavy atom. The highest BCUT2D eigenvalue weighted by Crippen LogP contribution is 2.23. The summed E-state index contributed by atoms with van der Waals surface area (Å²) in [7, 11) is 0. The molecule has 1 atom stereocenters. The molecule has 1 unspecified atom stereocenters. The van der Waals surface area contributed by atoms with Crippen LogP contribution in [0.5, 0.6) is 0 Å². The van der Waals surface area contributed by atoms with E-state index in [1.807, 2.05) is 0 Å². The topological polar surface area (TPSA) is 46.5 Å². The molecule has 0 aliphatic heterocycles. The third kappa shape index (κ3) is 9.52. The Morgan fingerprint density at radius 3 is 2.53 bits per heavy atom. The van der Waals surface area contributed by atoms with E-state index in [-0.39, 0.29) is 25.9 Å². The molecule has 6 heteroatoms. The number of rotatable bonds is 6. The number of carbonyl (C=O) groups is 1. The van der Waals surface area contributed by atoms with Crippen molar-refractivity contribution in [2.75, 3.05) is 6.61 Å². The molecule has 15 heavy (non-hydrogen) atoms. The number of carbonyl (C=O) groups excluding carboxylic acids is 1. The second-order valence-electron chi connectivity index (χ2n) is 3.17. The van der Waals surface area contributed by atoms with E-state index in [1.165, 1.54) is 0 Å². The highest BCUT2D eigenvalue weighted by molar-refractivity contribution is 5.69. The van der Waals surface area contributed by atoms with Crippen LogP contribution in [0.25, 0.3) is 0 Å². The largest absolute Gasteiger partial charge is 0.466 e. The first-order valence-electron chi connectivity index (χ1n) is 4.75. The summed E-state index contributed by atoms with van der Waals surface area (Å²) in [5.41, 5.74) is 0. The lowest BCUT2D eigenvalue weighted by molar-refractivity contribution is -0.154. The second kappa shape index (κ2) is 6.66. The molecule has 0 spiro atoms. The van der Waals surface area contributed by atoms with E-state index in [0.717, 1.165) is 0 Å². The van der Waals surface area contributed by atoms with Crippen molar-refractivity contribution in [3.05, 3.63) is 0 Å². The van der Waals surface area contributed by atoms with E-state index in [9.17, 15) is 18.0 Å². The van der Waals surface area contributed by atoms with Crippen molar-refractivity contribution < 1.29 is 27.8 Å². The van der Waals surface area contributed by atoms with E-state index < -0.39 is 24.7 Å². The van der Waals surface area contributed by atoms with Crippen LogP contribution in [0.15, 0.2) is 0 Å². The van der Waals surface area contributed by atoms with E-state index >= 15 is 0 Å². The molecule has 3 nitrogen and oxygen atoms in total. The molecule has 0 amide bonds. The van der Waals surface area contributed by atoms with Crippen LogP contribution in [0, 0.1) is 0 Å². The first-order valence-corrected chi connectivity index (χ1v) is 4.75. The normalized spacial score (nSPS) is 13.7. The Balaban J connectivity index is 3.55. The number of aliphatic hydroxyl groups is 1. The number of aliphatic hydroxyl groups excluding tert-OH is 1. The van der Waals surface area contributed by atoms with Gasteiger partial charge in [-0.1, -0.05) is 0 Å². The Kier molecular flexibility index (Phi) is 6.31. The number of ether oxygens (including phenoxy) is 1. The number of hydrogen-bond donors (Lipinski definition) is 1. The van der Waals surface area contributed by atoms with Gasteiger partial charge in [0.05, 0.1) is 19.1 Å². The van der Waals surface area contributed by atoms with Gasteiger partial charge in [-0.15, -0.1) is 0 Å². The van der Waals surface area contributed by atoms with E-state index in [4.69, 9.17) is 5.11 Å². The molecule has 0 radical (unpaired) electrons. The molecule has 0 aromatic rings. The Bertz CT molecular complexity index is 192.